The number of likely N-dealkylation sites (N-methyl/N-ethyl adjacent to an activating group) is 2. The van der Waals surface area contributed by atoms with Gasteiger partial charge in [-0.25, -0.2) is 0 Å². The van der Waals surface area contributed by atoms with Crippen LogP contribution in [0.2, 0.25) is 0 Å². The van der Waals surface area contributed by atoms with E-state index < -0.39 is 0 Å². The van der Waals surface area contributed by atoms with E-state index in [9.17, 15) is 19.2 Å². The molecule has 2 unspecified atom stereocenters. The SMILES string of the molecule is CC(Cc1ccccc1)NC(=O)CCCCC=O.CNC(Cc1ccccc1)C(=O)N(C)c1ccc(OC)cc1.COc1ccc(N(C)C=O)cc1. The van der Waals surface area contributed by atoms with Crippen LogP contribution in [0.25, 0.3) is 0 Å². The van der Waals surface area contributed by atoms with Crippen molar-refractivity contribution in [2.45, 2.75) is 57.5 Å². The third kappa shape index (κ3) is 16.0. The molecule has 0 saturated heterocycles. The Balaban J connectivity index is 0.000000282. The summed E-state index contributed by atoms with van der Waals surface area (Å²) in [6.45, 7) is 2.01. The summed E-state index contributed by atoms with van der Waals surface area (Å²) >= 11 is 0. The lowest BCUT2D eigenvalue weighted by molar-refractivity contribution is -0.122. The first-order valence-corrected chi connectivity index (χ1v) is 17.4. The smallest absolute Gasteiger partial charge is 0.244 e. The van der Waals surface area contributed by atoms with Gasteiger partial charge in [-0.15, -0.1) is 0 Å². The van der Waals surface area contributed by atoms with Crippen LogP contribution in [0.1, 0.15) is 43.7 Å². The Kier molecular flexibility index (Phi) is 20.2. The summed E-state index contributed by atoms with van der Waals surface area (Å²) in [7, 11) is 8.54. The average Bonchev–Trinajstić information content (AvgIpc) is 3.19. The van der Waals surface area contributed by atoms with E-state index in [1.165, 1.54) is 10.5 Å². The molecule has 0 saturated carbocycles. The number of nitrogens with zero attached hydrogens (tertiary/aromatic N) is 2. The van der Waals surface area contributed by atoms with Crippen LogP contribution in [0.3, 0.4) is 0 Å². The molecule has 0 spiro atoms. The van der Waals surface area contributed by atoms with Gasteiger partial charge in [-0.1, -0.05) is 60.7 Å². The summed E-state index contributed by atoms with van der Waals surface area (Å²) in [6.07, 6.45) is 5.81. The summed E-state index contributed by atoms with van der Waals surface area (Å²) in [4.78, 5) is 47.9. The molecule has 3 amide bonds. The monoisotopic (exact) mass is 710 g/mol. The minimum Gasteiger partial charge on any atom is -0.497 e. The zero-order chi connectivity index (χ0) is 38.1. The van der Waals surface area contributed by atoms with E-state index in [0.717, 1.165) is 60.4 Å². The van der Waals surface area contributed by atoms with Crippen molar-refractivity contribution in [2.75, 3.05) is 45.2 Å². The average molecular weight is 711 g/mol. The maximum absolute atomic E-state index is 12.7. The first-order chi connectivity index (χ1) is 25.1. The third-order valence-electron chi connectivity index (χ3n) is 8.13. The van der Waals surface area contributed by atoms with Gasteiger partial charge < -0.3 is 34.7 Å². The molecular formula is C42H54N4O6. The van der Waals surface area contributed by atoms with Crippen LogP contribution in [0.15, 0.2) is 109 Å². The second kappa shape index (κ2) is 24.6. The van der Waals surface area contributed by atoms with Gasteiger partial charge in [0, 0.05) is 44.4 Å². The number of methoxy groups -OCH3 is 2. The van der Waals surface area contributed by atoms with Gasteiger partial charge in [-0.3, -0.25) is 14.4 Å². The van der Waals surface area contributed by atoms with Gasteiger partial charge in [-0.05, 0) is 99.3 Å². The highest BCUT2D eigenvalue weighted by molar-refractivity contribution is 5.97. The van der Waals surface area contributed by atoms with Crippen molar-refractivity contribution in [3.8, 4) is 11.5 Å². The molecule has 0 aliphatic heterocycles. The van der Waals surface area contributed by atoms with Gasteiger partial charge in [0.05, 0.1) is 20.3 Å². The molecule has 10 heteroatoms. The van der Waals surface area contributed by atoms with E-state index in [-0.39, 0.29) is 23.9 Å². The Morgan fingerprint density at radius 2 is 1.21 bits per heavy atom. The minimum atomic E-state index is -0.255. The van der Waals surface area contributed by atoms with Crippen molar-refractivity contribution in [1.82, 2.24) is 10.6 Å². The van der Waals surface area contributed by atoms with Crippen molar-refractivity contribution >= 4 is 35.9 Å². The fourth-order valence-corrected chi connectivity index (χ4v) is 5.09. The number of nitrogens with one attached hydrogen (secondary N) is 2. The first-order valence-electron chi connectivity index (χ1n) is 17.4. The molecule has 0 aromatic heterocycles. The number of benzene rings is 4. The normalized spacial score (nSPS) is 11.2. The molecule has 4 aromatic carbocycles. The second-order valence-electron chi connectivity index (χ2n) is 12.1. The Morgan fingerprint density at radius 3 is 1.67 bits per heavy atom. The molecule has 0 heterocycles. The highest BCUT2D eigenvalue weighted by atomic mass is 16.5. The number of unbranched alkanes of at least 4 members (excludes halogenated alkanes) is 2. The predicted octanol–water partition coefficient (Wildman–Crippen LogP) is 6.27. The Bertz CT molecular complexity index is 1580. The molecule has 52 heavy (non-hydrogen) atoms. The summed E-state index contributed by atoms with van der Waals surface area (Å²) in [6, 6.07) is 34.8. The van der Waals surface area contributed by atoms with Crippen LogP contribution in [-0.2, 0) is 32.0 Å². The van der Waals surface area contributed by atoms with Crippen LogP contribution in [0, 0.1) is 0 Å². The number of carbonyl (C=O) groups excluding carboxylic acids is 4. The van der Waals surface area contributed by atoms with E-state index in [1.54, 1.807) is 33.2 Å². The zero-order valence-electron chi connectivity index (χ0n) is 31.3. The van der Waals surface area contributed by atoms with E-state index in [2.05, 4.69) is 22.8 Å². The maximum Gasteiger partial charge on any atom is 0.244 e. The van der Waals surface area contributed by atoms with Crippen molar-refractivity contribution in [3.63, 3.8) is 0 Å². The van der Waals surface area contributed by atoms with E-state index in [4.69, 9.17) is 9.47 Å². The Hall–Kier alpha value is -5.48. The Labute approximate surface area is 309 Å². The molecule has 0 aliphatic rings. The molecule has 0 radical (unpaired) electrons. The molecule has 10 nitrogen and oxygen atoms in total. The number of carbonyl (C=O) groups is 4. The van der Waals surface area contributed by atoms with Crippen LogP contribution in [-0.4, -0.2) is 72.0 Å². The van der Waals surface area contributed by atoms with Gasteiger partial charge in [0.1, 0.15) is 17.8 Å². The number of hydrogen-bond donors (Lipinski definition) is 2. The summed E-state index contributed by atoms with van der Waals surface area (Å²) in [5.74, 6) is 1.68. The number of rotatable bonds is 17. The largest absolute Gasteiger partial charge is 0.497 e. The molecule has 4 aromatic rings. The fourth-order valence-electron chi connectivity index (χ4n) is 5.09. The van der Waals surface area contributed by atoms with Crippen LogP contribution < -0.4 is 29.9 Å². The van der Waals surface area contributed by atoms with Gasteiger partial charge in [-0.2, -0.15) is 0 Å². The van der Waals surface area contributed by atoms with Gasteiger partial charge in [0.25, 0.3) is 0 Å². The molecule has 0 aliphatic carbocycles. The van der Waals surface area contributed by atoms with Gasteiger partial charge in [0.2, 0.25) is 18.2 Å². The molecule has 2 N–H and O–H groups in total. The number of hydrogen-bond acceptors (Lipinski definition) is 7. The standard InChI is InChI=1S/C18H22N2O2.C15H21NO2.C9H11NO2/c1-19-17(13-14-7-5-4-6-8-14)18(21)20(2)15-9-11-16(22-3)12-10-15;1-13(12-14-8-4-2-5-9-14)16-15(18)10-6-3-7-11-17;1-10(7-11)8-3-5-9(12-2)6-4-8/h4-12,17,19H,13H2,1-3H3;2,4-5,8-9,11,13H,3,6-7,10,12H2,1H3,(H,16,18);3-7H,1-2H3. The lowest BCUT2D eigenvalue weighted by Gasteiger charge is -2.24. The number of amides is 3. The highest BCUT2D eigenvalue weighted by Gasteiger charge is 2.21. The number of aldehydes is 1. The Morgan fingerprint density at radius 1 is 0.712 bits per heavy atom. The second-order valence-corrected chi connectivity index (χ2v) is 12.1. The molecule has 4 rings (SSSR count). The van der Waals surface area contributed by atoms with Crippen LogP contribution >= 0.6 is 0 Å². The van der Waals surface area contributed by atoms with Gasteiger partial charge >= 0.3 is 0 Å². The molecule has 0 bridgehead atoms. The van der Waals surface area contributed by atoms with Crippen molar-refractivity contribution in [1.29, 1.82) is 0 Å². The molecular weight excluding hydrogens is 656 g/mol. The van der Waals surface area contributed by atoms with Crippen LogP contribution in [0.4, 0.5) is 11.4 Å². The predicted molar refractivity (Wildman–Crippen MR) is 209 cm³/mol. The lowest BCUT2D eigenvalue weighted by atomic mass is 10.0. The number of ether oxygens (including phenoxy) is 2. The topological polar surface area (TPSA) is 117 Å². The molecule has 2 atom stereocenters. The summed E-state index contributed by atoms with van der Waals surface area (Å²) in [5.41, 5.74) is 4.06. The fraction of sp³-hybridized carbons (Fsp3) is 0.333. The highest BCUT2D eigenvalue weighted by Crippen LogP contribution is 2.20. The van der Waals surface area contributed by atoms with Crippen molar-refractivity contribution < 1.29 is 28.7 Å². The summed E-state index contributed by atoms with van der Waals surface area (Å²) in [5, 5.41) is 6.09. The van der Waals surface area contributed by atoms with E-state index >= 15 is 0 Å². The van der Waals surface area contributed by atoms with E-state index in [1.807, 2.05) is 111 Å². The molecule has 278 valence electrons. The summed E-state index contributed by atoms with van der Waals surface area (Å²) < 4.78 is 10.1. The van der Waals surface area contributed by atoms with Crippen molar-refractivity contribution in [3.05, 3.63) is 120 Å². The minimum absolute atomic E-state index is 0.0384. The first kappa shape index (κ1) is 42.7. The number of anilines is 2. The molecule has 0 fully saturated rings. The maximum atomic E-state index is 12.7. The van der Waals surface area contributed by atoms with E-state index in [0.29, 0.717) is 19.3 Å². The quantitative estimate of drug-likeness (QED) is 0.0981. The van der Waals surface area contributed by atoms with Crippen LogP contribution in [0.5, 0.6) is 11.5 Å². The lowest BCUT2D eigenvalue weighted by Crippen LogP contribution is -2.45. The van der Waals surface area contributed by atoms with Gasteiger partial charge in [0.15, 0.2) is 0 Å². The van der Waals surface area contributed by atoms with Crippen molar-refractivity contribution in [2.24, 2.45) is 0 Å². The third-order valence-corrected chi connectivity index (χ3v) is 8.13. The zero-order valence-corrected chi connectivity index (χ0v) is 31.3.